The molecule has 1 atom stereocenters. The van der Waals surface area contributed by atoms with Gasteiger partial charge in [-0.15, -0.1) is 0 Å². The van der Waals surface area contributed by atoms with Crippen LogP contribution >= 0.6 is 0 Å². The Hall–Kier alpha value is -1.35. The number of carbonyl (C=O) groups excluding carboxylic acids is 1. The molecule has 1 N–H and O–H groups in total. The molecule has 3 nitrogen and oxygen atoms in total. The number of aryl methyl sites for hydroxylation is 2. The van der Waals surface area contributed by atoms with Crippen molar-refractivity contribution in [2.45, 2.75) is 33.3 Å². The molecule has 1 aromatic carbocycles. The number of ether oxygens (including phenoxy) is 1. The molecule has 0 amide bonds. The number of hydrogen-bond donors (Lipinski definition) is 1. The molecule has 0 aliphatic heterocycles. The molecule has 0 aliphatic carbocycles. The standard InChI is InChI=1S/C13H18O3/c1-4-16-13(15)12(14)8-11-9(2)6-5-7-10(11)3/h5-7,12,14H,4,8H2,1-3H3. The number of aliphatic hydroxyl groups excluding tert-OH is 1. The maximum absolute atomic E-state index is 11.3. The monoisotopic (exact) mass is 222 g/mol. The Kier molecular flexibility index (Phi) is 4.50. The second-order valence-electron chi connectivity index (χ2n) is 3.84. The van der Waals surface area contributed by atoms with Gasteiger partial charge in [-0.3, -0.25) is 0 Å². The van der Waals surface area contributed by atoms with Crippen LogP contribution in [-0.2, 0) is 16.0 Å². The van der Waals surface area contributed by atoms with E-state index in [0.29, 0.717) is 13.0 Å². The Morgan fingerprint density at radius 3 is 2.44 bits per heavy atom. The van der Waals surface area contributed by atoms with Crippen LogP contribution < -0.4 is 0 Å². The second-order valence-corrected chi connectivity index (χ2v) is 3.84. The molecule has 0 bridgehead atoms. The number of rotatable bonds is 4. The lowest BCUT2D eigenvalue weighted by molar-refractivity contribution is -0.152. The van der Waals surface area contributed by atoms with E-state index in [1.54, 1.807) is 6.92 Å². The molecule has 16 heavy (non-hydrogen) atoms. The Bertz CT molecular complexity index is 351. The third kappa shape index (κ3) is 3.07. The Morgan fingerprint density at radius 1 is 1.38 bits per heavy atom. The van der Waals surface area contributed by atoms with Gasteiger partial charge in [-0.05, 0) is 37.5 Å². The van der Waals surface area contributed by atoms with Crippen LogP contribution in [0, 0.1) is 13.8 Å². The number of benzene rings is 1. The molecule has 0 radical (unpaired) electrons. The number of esters is 1. The average molecular weight is 222 g/mol. The summed E-state index contributed by atoms with van der Waals surface area (Å²) >= 11 is 0. The maximum Gasteiger partial charge on any atom is 0.335 e. The van der Waals surface area contributed by atoms with Crippen molar-refractivity contribution in [2.24, 2.45) is 0 Å². The minimum Gasteiger partial charge on any atom is -0.464 e. The van der Waals surface area contributed by atoms with Crippen molar-refractivity contribution >= 4 is 5.97 Å². The van der Waals surface area contributed by atoms with Gasteiger partial charge in [0, 0.05) is 6.42 Å². The minimum absolute atomic E-state index is 0.294. The van der Waals surface area contributed by atoms with Crippen molar-refractivity contribution in [3.63, 3.8) is 0 Å². The summed E-state index contributed by atoms with van der Waals surface area (Å²) < 4.78 is 4.77. The van der Waals surface area contributed by atoms with Crippen molar-refractivity contribution in [1.82, 2.24) is 0 Å². The SMILES string of the molecule is CCOC(=O)C(O)Cc1c(C)cccc1C. The van der Waals surface area contributed by atoms with Gasteiger partial charge in [0.05, 0.1) is 6.61 Å². The lowest BCUT2D eigenvalue weighted by Gasteiger charge is -2.13. The van der Waals surface area contributed by atoms with Gasteiger partial charge >= 0.3 is 5.97 Å². The third-order valence-electron chi connectivity index (χ3n) is 2.60. The largest absolute Gasteiger partial charge is 0.464 e. The van der Waals surface area contributed by atoms with Gasteiger partial charge in [-0.25, -0.2) is 4.79 Å². The van der Waals surface area contributed by atoms with E-state index in [2.05, 4.69) is 0 Å². The molecule has 1 unspecified atom stereocenters. The van der Waals surface area contributed by atoms with E-state index in [0.717, 1.165) is 16.7 Å². The van der Waals surface area contributed by atoms with Crippen molar-refractivity contribution in [3.05, 3.63) is 34.9 Å². The van der Waals surface area contributed by atoms with Crippen molar-refractivity contribution in [2.75, 3.05) is 6.61 Å². The third-order valence-corrected chi connectivity index (χ3v) is 2.60. The Balaban J connectivity index is 2.76. The second kappa shape index (κ2) is 5.66. The fourth-order valence-corrected chi connectivity index (χ4v) is 1.69. The van der Waals surface area contributed by atoms with E-state index >= 15 is 0 Å². The average Bonchev–Trinajstić information content (AvgIpc) is 2.23. The Labute approximate surface area is 96.1 Å². The van der Waals surface area contributed by atoms with E-state index in [1.165, 1.54) is 0 Å². The molecule has 0 saturated carbocycles. The zero-order valence-corrected chi connectivity index (χ0v) is 9.99. The van der Waals surface area contributed by atoms with E-state index in [9.17, 15) is 9.90 Å². The van der Waals surface area contributed by atoms with Crippen LogP contribution in [0.15, 0.2) is 18.2 Å². The van der Waals surface area contributed by atoms with E-state index in [4.69, 9.17) is 4.74 Å². The summed E-state index contributed by atoms with van der Waals surface area (Å²) in [5, 5.41) is 9.68. The molecule has 0 heterocycles. The first-order valence-electron chi connectivity index (χ1n) is 5.46. The number of carbonyl (C=O) groups is 1. The first kappa shape index (κ1) is 12.7. The van der Waals surface area contributed by atoms with Crippen LogP contribution in [0.1, 0.15) is 23.6 Å². The van der Waals surface area contributed by atoms with Crippen molar-refractivity contribution in [3.8, 4) is 0 Å². The molecule has 0 aromatic heterocycles. The van der Waals surface area contributed by atoms with Gasteiger partial charge < -0.3 is 9.84 Å². The lowest BCUT2D eigenvalue weighted by Crippen LogP contribution is -2.26. The predicted octanol–water partition coefficient (Wildman–Crippen LogP) is 1.77. The number of hydrogen-bond acceptors (Lipinski definition) is 3. The lowest BCUT2D eigenvalue weighted by atomic mass is 9.97. The molecule has 3 heteroatoms. The fourth-order valence-electron chi connectivity index (χ4n) is 1.69. The summed E-state index contributed by atoms with van der Waals surface area (Å²) in [6, 6.07) is 5.91. The normalized spacial score (nSPS) is 12.2. The summed E-state index contributed by atoms with van der Waals surface area (Å²) in [6.07, 6.45) is -0.753. The van der Waals surface area contributed by atoms with E-state index in [-0.39, 0.29) is 0 Å². The summed E-state index contributed by atoms with van der Waals surface area (Å²) in [5.74, 6) is -0.551. The van der Waals surface area contributed by atoms with Gasteiger partial charge in [0.25, 0.3) is 0 Å². The molecule has 0 saturated heterocycles. The summed E-state index contributed by atoms with van der Waals surface area (Å²) in [6.45, 7) is 5.96. The van der Waals surface area contributed by atoms with Crippen LogP contribution in [0.25, 0.3) is 0 Å². The minimum atomic E-state index is -1.07. The topological polar surface area (TPSA) is 46.5 Å². The fraction of sp³-hybridized carbons (Fsp3) is 0.462. The predicted molar refractivity (Wildman–Crippen MR) is 62.3 cm³/mol. The number of aliphatic hydroxyl groups is 1. The molecule has 0 fully saturated rings. The van der Waals surface area contributed by atoms with Gasteiger partial charge in [0.1, 0.15) is 0 Å². The highest BCUT2D eigenvalue weighted by molar-refractivity contribution is 5.74. The van der Waals surface area contributed by atoms with Crippen molar-refractivity contribution < 1.29 is 14.6 Å². The molecule has 1 rings (SSSR count). The quantitative estimate of drug-likeness (QED) is 0.790. The zero-order chi connectivity index (χ0) is 12.1. The smallest absolute Gasteiger partial charge is 0.335 e. The van der Waals surface area contributed by atoms with E-state index < -0.39 is 12.1 Å². The van der Waals surface area contributed by atoms with Crippen LogP contribution in [0.2, 0.25) is 0 Å². The molecule has 0 aliphatic rings. The van der Waals surface area contributed by atoms with Crippen LogP contribution in [0.4, 0.5) is 0 Å². The van der Waals surface area contributed by atoms with Gasteiger partial charge in [-0.2, -0.15) is 0 Å². The first-order chi connectivity index (χ1) is 7.56. The summed E-state index contributed by atoms with van der Waals surface area (Å²) in [7, 11) is 0. The highest BCUT2D eigenvalue weighted by Gasteiger charge is 2.18. The summed E-state index contributed by atoms with van der Waals surface area (Å²) in [4.78, 5) is 11.3. The highest BCUT2D eigenvalue weighted by Crippen LogP contribution is 2.15. The van der Waals surface area contributed by atoms with Gasteiger partial charge in [-0.1, -0.05) is 18.2 Å². The maximum atomic E-state index is 11.3. The molecular weight excluding hydrogens is 204 g/mol. The Morgan fingerprint density at radius 2 is 1.94 bits per heavy atom. The highest BCUT2D eigenvalue weighted by atomic mass is 16.5. The van der Waals surface area contributed by atoms with Gasteiger partial charge in [0.2, 0.25) is 0 Å². The molecule has 88 valence electrons. The first-order valence-corrected chi connectivity index (χ1v) is 5.46. The molecular formula is C13H18O3. The van der Waals surface area contributed by atoms with E-state index in [1.807, 2.05) is 32.0 Å². The van der Waals surface area contributed by atoms with Crippen LogP contribution in [0.3, 0.4) is 0 Å². The molecule has 0 spiro atoms. The molecule has 1 aromatic rings. The summed E-state index contributed by atoms with van der Waals surface area (Å²) in [5.41, 5.74) is 3.19. The van der Waals surface area contributed by atoms with Crippen molar-refractivity contribution in [1.29, 1.82) is 0 Å². The van der Waals surface area contributed by atoms with Gasteiger partial charge in [0.15, 0.2) is 6.10 Å². The zero-order valence-electron chi connectivity index (χ0n) is 9.99. The van der Waals surface area contributed by atoms with Crippen LogP contribution in [-0.4, -0.2) is 23.8 Å². The van der Waals surface area contributed by atoms with Crippen LogP contribution in [0.5, 0.6) is 0 Å².